The van der Waals surface area contributed by atoms with Crippen LogP contribution in [0.25, 0.3) is 0 Å². The van der Waals surface area contributed by atoms with Crippen LogP contribution in [0.4, 0.5) is 0 Å². The summed E-state index contributed by atoms with van der Waals surface area (Å²) in [6.07, 6.45) is 6.40. The van der Waals surface area contributed by atoms with Crippen molar-refractivity contribution < 1.29 is 4.79 Å². The van der Waals surface area contributed by atoms with Crippen LogP contribution in [0.2, 0.25) is 0 Å². The van der Waals surface area contributed by atoms with Gasteiger partial charge in [0.2, 0.25) is 0 Å². The lowest BCUT2D eigenvalue weighted by Crippen LogP contribution is -2.49. The van der Waals surface area contributed by atoms with Gasteiger partial charge in [0.25, 0.3) is 11.5 Å². The van der Waals surface area contributed by atoms with Gasteiger partial charge in [-0.15, -0.1) is 24.8 Å². The highest BCUT2D eigenvalue weighted by atomic mass is 35.5. The molecule has 2 aliphatic rings. The van der Waals surface area contributed by atoms with Crippen LogP contribution in [-0.2, 0) is 13.0 Å². The summed E-state index contributed by atoms with van der Waals surface area (Å²) in [7, 11) is 1.98. The first-order valence-electron chi connectivity index (χ1n) is 10.9. The Morgan fingerprint density at radius 1 is 1.16 bits per heavy atom. The summed E-state index contributed by atoms with van der Waals surface area (Å²) in [6, 6.07) is 7.66. The third kappa shape index (κ3) is 6.10. The van der Waals surface area contributed by atoms with Crippen LogP contribution < -0.4 is 16.2 Å². The average molecular weight is 482 g/mol. The molecular weight excluding hydrogens is 449 g/mol. The Morgan fingerprint density at radius 3 is 2.75 bits per heavy atom. The third-order valence-corrected chi connectivity index (χ3v) is 6.25. The van der Waals surface area contributed by atoms with Crippen molar-refractivity contribution in [3.63, 3.8) is 0 Å². The molecular formula is C23H33Cl2N5O2. The molecule has 1 saturated heterocycles. The second kappa shape index (κ2) is 12.3. The van der Waals surface area contributed by atoms with Crippen LogP contribution in [0, 0.1) is 5.92 Å². The Kier molecular flexibility index (Phi) is 10.2. The number of fused-ring (bicyclic) bond motifs is 4. The first-order chi connectivity index (χ1) is 14.7. The average Bonchev–Trinajstić information content (AvgIpc) is 2.76. The largest absolute Gasteiger partial charge is 0.352 e. The predicted octanol–water partition coefficient (Wildman–Crippen LogP) is 2.09. The molecule has 1 fully saturated rings. The van der Waals surface area contributed by atoms with E-state index in [4.69, 9.17) is 0 Å². The molecule has 0 saturated carbocycles. The van der Waals surface area contributed by atoms with E-state index in [1.807, 2.05) is 36.0 Å². The number of hydrogen-bond donors (Lipinski definition) is 2. The number of pyridine rings is 2. The molecule has 4 rings (SSSR count). The topological polar surface area (TPSA) is 79.3 Å². The van der Waals surface area contributed by atoms with Gasteiger partial charge in [0, 0.05) is 63.3 Å². The number of aryl methyl sites for hydroxylation is 1. The number of nitrogens with one attached hydrogen (secondary N) is 2. The molecule has 2 N–H and O–H groups in total. The van der Waals surface area contributed by atoms with E-state index in [0.717, 1.165) is 56.7 Å². The molecule has 0 aliphatic carbocycles. The molecule has 0 aromatic carbocycles. The number of hydrogen-bond acceptors (Lipinski definition) is 5. The number of rotatable bonds is 8. The van der Waals surface area contributed by atoms with Crippen LogP contribution in [0.3, 0.4) is 0 Å². The summed E-state index contributed by atoms with van der Waals surface area (Å²) in [4.78, 5) is 32.3. The Bertz CT molecular complexity index is 938. The van der Waals surface area contributed by atoms with Crippen LogP contribution >= 0.6 is 24.8 Å². The standard InChI is InChI=1S/C23H31N5O2.2ClH/c1-24-10-11-27-14-18-12-19(16-27)21-7-6-20(23(30)28(21)15-18)22(29)26-9-3-5-17-4-2-8-25-13-17;;/h2,4,6-8,13,18-19,24H,3,5,9-12,14-16H2,1H3,(H,26,29);2*1H/t18-,19+;;/m0../s1. The minimum Gasteiger partial charge on any atom is -0.352 e. The zero-order valence-corrected chi connectivity index (χ0v) is 20.1. The number of likely N-dealkylation sites (N-methyl/N-ethyl adjacent to an activating group) is 1. The van der Waals surface area contributed by atoms with Crippen molar-refractivity contribution in [1.82, 2.24) is 25.1 Å². The van der Waals surface area contributed by atoms with E-state index < -0.39 is 0 Å². The fourth-order valence-corrected chi connectivity index (χ4v) is 4.81. The maximum absolute atomic E-state index is 13.1. The second-order valence-electron chi connectivity index (χ2n) is 8.47. The monoisotopic (exact) mass is 481 g/mol. The number of piperidine rings is 1. The summed E-state index contributed by atoms with van der Waals surface area (Å²) in [5.41, 5.74) is 2.34. The molecule has 0 spiro atoms. The molecule has 1 amide bonds. The van der Waals surface area contributed by atoms with Crippen LogP contribution in [0.1, 0.15) is 40.4 Å². The minimum absolute atomic E-state index is 0. The van der Waals surface area contributed by atoms with E-state index in [2.05, 4.69) is 20.5 Å². The van der Waals surface area contributed by atoms with Crippen molar-refractivity contribution in [2.45, 2.75) is 31.7 Å². The zero-order valence-electron chi connectivity index (χ0n) is 18.5. The SMILES string of the molecule is CNCCN1C[C@@H]2C[C@H](C1)c1ccc(C(=O)NCCCc3cccnc3)c(=O)n1C2.Cl.Cl. The summed E-state index contributed by atoms with van der Waals surface area (Å²) in [6.45, 7) is 5.27. The quantitative estimate of drug-likeness (QED) is 0.564. The van der Waals surface area contributed by atoms with Crippen LogP contribution in [0.15, 0.2) is 41.5 Å². The van der Waals surface area contributed by atoms with Crippen molar-refractivity contribution in [2.24, 2.45) is 5.92 Å². The Labute approximate surface area is 201 Å². The number of nitrogens with zero attached hydrogens (tertiary/aromatic N) is 3. The Morgan fingerprint density at radius 2 is 2.00 bits per heavy atom. The fraction of sp³-hybridized carbons (Fsp3) is 0.522. The minimum atomic E-state index is -0.270. The summed E-state index contributed by atoms with van der Waals surface area (Å²) < 4.78 is 1.86. The molecule has 2 atom stereocenters. The maximum Gasteiger partial charge on any atom is 0.263 e. The van der Waals surface area contributed by atoms with E-state index >= 15 is 0 Å². The summed E-state index contributed by atoms with van der Waals surface area (Å²) in [5.74, 6) is 0.579. The van der Waals surface area contributed by atoms with Gasteiger partial charge in [0.15, 0.2) is 0 Å². The molecule has 2 aromatic rings. The molecule has 0 unspecified atom stereocenters. The van der Waals surface area contributed by atoms with Crippen molar-refractivity contribution in [2.75, 3.05) is 39.8 Å². The highest BCUT2D eigenvalue weighted by molar-refractivity contribution is 5.93. The molecule has 2 bridgehead atoms. The summed E-state index contributed by atoms with van der Waals surface area (Å²) >= 11 is 0. The number of aromatic nitrogens is 2. The Hall–Kier alpha value is -1.93. The van der Waals surface area contributed by atoms with Gasteiger partial charge in [-0.3, -0.25) is 14.6 Å². The van der Waals surface area contributed by atoms with Gasteiger partial charge in [-0.25, -0.2) is 0 Å². The molecule has 0 radical (unpaired) electrons. The van der Waals surface area contributed by atoms with Gasteiger partial charge in [0.05, 0.1) is 0 Å². The molecule has 2 aliphatic heterocycles. The van der Waals surface area contributed by atoms with E-state index in [0.29, 0.717) is 24.9 Å². The summed E-state index contributed by atoms with van der Waals surface area (Å²) in [5, 5.41) is 6.12. The maximum atomic E-state index is 13.1. The van der Waals surface area contributed by atoms with Gasteiger partial charge < -0.3 is 20.1 Å². The van der Waals surface area contributed by atoms with E-state index in [-0.39, 0.29) is 41.8 Å². The van der Waals surface area contributed by atoms with Crippen molar-refractivity contribution in [3.05, 3.63) is 63.8 Å². The lowest BCUT2D eigenvalue weighted by Gasteiger charge is -2.43. The molecule has 32 heavy (non-hydrogen) atoms. The number of carbonyl (C=O) groups excluding carboxylic acids is 1. The third-order valence-electron chi connectivity index (χ3n) is 6.25. The van der Waals surface area contributed by atoms with Gasteiger partial charge >= 0.3 is 0 Å². The predicted molar refractivity (Wildman–Crippen MR) is 131 cm³/mol. The zero-order chi connectivity index (χ0) is 20.9. The highest BCUT2D eigenvalue weighted by Gasteiger charge is 2.35. The van der Waals surface area contributed by atoms with Gasteiger partial charge in [-0.2, -0.15) is 0 Å². The number of likely N-dealkylation sites (tertiary alicyclic amines) is 1. The molecule has 2 aromatic heterocycles. The van der Waals surface area contributed by atoms with E-state index in [1.165, 1.54) is 0 Å². The van der Waals surface area contributed by atoms with Gasteiger partial charge in [-0.05, 0) is 56.0 Å². The fourth-order valence-electron chi connectivity index (χ4n) is 4.81. The molecule has 7 nitrogen and oxygen atoms in total. The first-order valence-corrected chi connectivity index (χ1v) is 10.9. The lowest BCUT2D eigenvalue weighted by molar-refractivity contribution is 0.0947. The van der Waals surface area contributed by atoms with Crippen LogP contribution in [0.5, 0.6) is 0 Å². The van der Waals surface area contributed by atoms with Crippen molar-refractivity contribution in [1.29, 1.82) is 0 Å². The number of halogens is 2. The molecule has 176 valence electrons. The van der Waals surface area contributed by atoms with Gasteiger partial charge in [0.1, 0.15) is 5.56 Å². The smallest absolute Gasteiger partial charge is 0.263 e. The lowest BCUT2D eigenvalue weighted by atomic mass is 9.83. The van der Waals surface area contributed by atoms with E-state index in [9.17, 15) is 9.59 Å². The Balaban J connectivity index is 0.00000181. The molecule has 9 heteroatoms. The normalized spacial score (nSPS) is 19.3. The van der Waals surface area contributed by atoms with Crippen LogP contribution in [-0.4, -0.2) is 60.1 Å². The second-order valence-corrected chi connectivity index (χ2v) is 8.47. The highest BCUT2D eigenvalue weighted by Crippen LogP contribution is 2.34. The van der Waals surface area contributed by atoms with Gasteiger partial charge in [-0.1, -0.05) is 6.07 Å². The number of carbonyl (C=O) groups is 1. The number of amides is 1. The van der Waals surface area contributed by atoms with E-state index in [1.54, 1.807) is 12.3 Å². The van der Waals surface area contributed by atoms with Crippen molar-refractivity contribution >= 4 is 30.7 Å². The molecule has 4 heterocycles. The first kappa shape index (κ1) is 26.3. The van der Waals surface area contributed by atoms with Crippen molar-refractivity contribution in [3.8, 4) is 0 Å².